The van der Waals surface area contributed by atoms with Gasteiger partial charge in [0.15, 0.2) is 0 Å². The van der Waals surface area contributed by atoms with Crippen molar-refractivity contribution in [2.45, 2.75) is 50.7 Å². The molecule has 102 valence electrons. The number of benzene rings is 1. The lowest BCUT2D eigenvalue weighted by Gasteiger charge is -2.31. The van der Waals surface area contributed by atoms with Gasteiger partial charge in [0.1, 0.15) is 0 Å². The van der Waals surface area contributed by atoms with Gasteiger partial charge in [-0.15, -0.1) is 0 Å². The summed E-state index contributed by atoms with van der Waals surface area (Å²) in [4.78, 5) is 14.2. The third-order valence-corrected chi connectivity index (χ3v) is 4.61. The van der Waals surface area contributed by atoms with Crippen molar-refractivity contribution in [3.63, 3.8) is 0 Å². The van der Waals surface area contributed by atoms with Crippen LogP contribution in [0.25, 0.3) is 0 Å². The summed E-state index contributed by atoms with van der Waals surface area (Å²) < 4.78 is 0. The molecule has 3 nitrogen and oxygen atoms in total. The highest BCUT2D eigenvalue weighted by Crippen LogP contribution is 2.36. The summed E-state index contributed by atoms with van der Waals surface area (Å²) >= 11 is 0. The Labute approximate surface area is 114 Å². The van der Waals surface area contributed by atoms with Crippen molar-refractivity contribution < 1.29 is 4.79 Å². The van der Waals surface area contributed by atoms with Crippen molar-refractivity contribution in [2.75, 3.05) is 0 Å². The lowest BCUT2D eigenvalue weighted by molar-refractivity contribution is -0.130. The van der Waals surface area contributed by atoms with E-state index in [4.69, 9.17) is 5.73 Å². The molecular formula is C16H22N2O. The van der Waals surface area contributed by atoms with Crippen molar-refractivity contribution in [3.05, 3.63) is 35.9 Å². The second-order valence-corrected chi connectivity index (χ2v) is 5.91. The summed E-state index contributed by atoms with van der Waals surface area (Å²) in [7, 11) is 0. The fourth-order valence-electron chi connectivity index (χ4n) is 3.71. The van der Waals surface area contributed by atoms with E-state index in [1.165, 1.54) is 31.2 Å². The molecule has 0 aromatic heterocycles. The van der Waals surface area contributed by atoms with Crippen molar-refractivity contribution in [2.24, 2.45) is 11.7 Å². The molecule has 0 bridgehead atoms. The predicted octanol–water partition coefficient (Wildman–Crippen LogP) is 2.30. The van der Waals surface area contributed by atoms with E-state index in [9.17, 15) is 4.79 Å². The number of nitrogens with zero attached hydrogens (tertiary/aromatic N) is 1. The van der Waals surface area contributed by atoms with Crippen LogP contribution in [-0.4, -0.2) is 22.9 Å². The highest BCUT2D eigenvalue weighted by atomic mass is 16.2. The quantitative estimate of drug-likeness (QED) is 0.904. The molecule has 19 heavy (non-hydrogen) atoms. The number of rotatable bonds is 3. The molecule has 2 unspecified atom stereocenters. The zero-order chi connectivity index (χ0) is 13.2. The first-order valence-electron chi connectivity index (χ1n) is 7.34. The lowest BCUT2D eigenvalue weighted by Crippen LogP contribution is -2.44. The summed E-state index contributed by atoms with van der Waals surface area (Å²) in [6.45, 7) is 0.717. The third kappa shape index (κ3) is 2.52. The van der Waals surface area contributed by atoms with Gasteiger partial charge in [-0.3, -0.25) is 4.79 Å². The number of likely N-dealkylation sites (tertiary alicyclic amines) is 1. The Hall–Kier alpha value is -1.35. The van der Waals surface area contributed by atoms with E-state index in [0.29, 0.717) is 18.9 Å². The largest absolute Gasteiger partial charge is 0.333 e. The van der Waals surface area contributed by atoms with Gasteiger partial charge in [0.2, 0.25) is 5.91 Å². The number of nitrogens with two attached hydrogens (primary N) is 1. The zero-order valence-corrected chi connectivity index (χ0v) is 11.3. The summed E-state index contributed by atoms with van der Waals surface area (Å²) in [6, 6.07) is 10.5. The van der Waals surface area contributed by atoms with Crippen molar-refractivity contribution >= 4 is 5.91 Å². The van der Waals surface area contributed by atoms with Gasteiger partial charge in [-0.1, -0.05) is 43.2 Å². The molecule has 3 heteroatoms. The molecule has 1 saturated carbocycles. The minimum Gasteiger partial charge on any atom is -0.333 e. The molecule has 0 radical (unpaired) electrons. The van der Waals surface area contributed by atoms with E-state index in [-0.39, 0.29) is 18.0 Å². The number of hydrogen-bond acceptors (Lipinski definition) is 2. The Kier molecular flexibility index (Phi) is 3.56. The maximum atomic E-state index is 12.2. The predicted molar refractivity (Wildman–Crippen MR) is 75.3 cm³/mol. The standard InChI is InChI=1S/C16H22N2O/c17-14-10-15(19)18(11-12-6-2-1-3-7-12)16(14)13-8-4-5-9-13/h1-3,6-7,13-14,16H,4-5,8-11,17H2. The van der Waals surface area contributed by atoms with E-state index in [0.717, 1.165) is 0 Å². The minimum absolute atomic E-state index is 0.0271. The molecular weight excluding hydrogens is 236 g/mol. The van der Waals surface area contributed by atoms with Crippen LogP contribution in [0.2, 0.25) is 0 Å². The van der Waals surface area contributed by atoms with Crippen LogP contribution in [0.15, 0.2) is 30.3 Å². The van der Waals surface area contributed by atoms with Crippen LogP contribution in [0.1, 0.15) is 37.7 Å². The molecule has 1 aromatic carbocycles. The van der Waals surface area contributed by atoms with Crippen LogP contribution in [0.4, 0.5) is 0 Å². The van der Waals surface area contributed by atoms with E-state index < -0.39 is 0 Å². The van der Waals surface area contributed by atoms with Crippen LogP contribution >= 0.6 is 0 Å². The van der Waals surface area contributed by atoms with E-state index in [1.807, 2.05) is 23.1 Å². The Morgan fingerprint density at radius 1 is 1.16 bits per heavy atom. The van der Waals surface area contributed by atoms with Crippen LogP contribution in [0.5, 0.6) is 0 Å². The minimum atomic E-state index is 0.0271. The van der Waals surface area contributed by atoms with Crippen LogP contribution < -0.4 is 5.73 Å². The molecule has 2 aliphatic rings. The van der Waals surface area contributed by atoms with Crippen molar-refractivity contribution in [1.82, 2.24) is 4.90 Å². The van der Waals surface area contributed by atoms with Crippen LogP contribution in [0, 0.1) is 5.92 Å². The van der Waals surface area contributed by atoms with Crippen molar-refractivity contribution in [3.8, 4) is 0 Å². The lowest BCUT2D eigenvalue weighted by atomic mass is 9.93. The monoisotopic (exact) mass is 258 g/mol. The summed E-state index contributed by atoms with van der Waals surface area (Å²) in [6.07, 6.45) is 5.57. The smallest absolute Gasteiger partial charge is 0.224 e. The zero-order valence-electron chi connectivity index (χ0n) is 11.3. The topological polar surface area (TPSA) is 46.3 Å². The molecule has 1 heterocycles. The van der Waals surface area contributed by atoms with Gasteiger partial charge in [0.05, 0.1) is 6.04 Å². The van der Waals surface area contributed by atoms with Gasteiger partial charge >= 0.3 is 0 Å². The van der Waals surface area contributed by atoms with Gasteiger partial charge in [0.25, 0.3) is 0 Å². The molecule has 1 amide bonds. The van der Waals surface area contributed by atoms with Crippen LogP contribution in [-0.2, 0) is 11.3 Å². The number of hydrogen-bond donors (Lipinski definition) is 1. The maximum absolute atomic E-state index is 12.2. The van der Waals surface area contributed by atoms with Crippen molar-refractivity contribution in [1.29, 1.82) is 0 Å². The average Bonchev–Trinajstić information content (AvgIpc) is 3.00. The fraction of sp³-hybridized carbons (Fsp3) is 0.562. The summed E-state index contributed by atoms with van der Waals surface area (Å²) in [5.41, 5.74) is 7.43. The summed E-state index contributed by atoms with van der Waals surface area (Å²) in [5, 5.41) is 0. The highest BCUT2D eigenvalue weighted by Gasteiger charge is 2.42. The van der Waals surface area contributed by atoms with Gasteiger partial charge < -0.3 is 10.6 Å². The number of carbonyl (C=O) groups is 1. The Morgan fingerprint density at radius 2 is 1.84 bits per heavy atom. The maximum Gasteiger partial charge on any atom is 0.224 e. The molecule has 2 N–H and O–H groups in total. The average molecular weight is 258 g/mol. The van der Waals surface area contributed by atoms with E-state index >= 15 is 0 Å². The number of carbonyl (C=O) groups excluding carboxylic acids is 1. The first-order valence-corrected chi connectivity index (χ1v) is 7.34. The Bertz CT molecular complexity index is 439. The molecule has 2 fully saturated rings. The fourth-order valence-corrected chi connectivity index (χ4v) is 3.71. The van der Waals surface area contributed by atoms with Crippen LogP contribution in [0.3, 0.4) is 0 Å². The molecule has 3 rings (SSSR count). The van der Waals surface area contributed by atoms with Gasteiger partial charge in [0, 0.05) is 19.0 Å². The first kappa shape index (κ1) is 12.7. The molecule has 0 spiro atoms. The molecule has 1 aromatic rings. The Balaban J connectivity index is 1.78. The Morgan fingerprint density at radius 3 is 2.53 bits per heavy atom. The molecule has 1 saturated heterocycles. The first-order chi connectivity index (χ1) is 9.25. The van der Waals surface area contributed by atoms with Gasteiger partial charge in [-0.25, -0.2) is 0 Å². The normalized spacial score (nSPS) is 28.3. The third-order valence-electron chi connectivity index (χ3n) is 4.61. The van der Waals surface area contributed by atoms with E-state index in [2.05, 4.69) is 12.1 Å². The second-order valence-electron chi connectivity index (χ2n) is 5.91. The van der Waals surface area contributed by atoms with Gasteiger partial charge in [-0.05, 0) is 24.3 Å². The number of amides is 1. The molecule has 2 atom stereocenters. The second kappa shape index (κ2) is 5.33. The molecule has 1 aliphatic carbocycles. The molecule has 1 aliphatic heterocycles. The van der Waals surface area contributed by atoms with Gasteiger partial charge in [-0.2, -0.15) is 0 Å². The highest BCUT2D eigenvalue weighted by molar-refractivity contribution is 5.80. The summed E-state index contributed by atoms with van der Waals surface area (Å²) in [5.74, 6) is 0.846. The van der Waals surface area contributed by atoms with E-state index in [1.54, 1.807) is 0 Å². The SMILES string of the molecule is NC1CC(=O)N(Cc2ccccc2)C1C1CCCC1.